The van der Waals surface area contributed by atoms with E-state index in [0.29, 0.717) is 25.0 Å². The predicted octanol–water partition coefficient (Wildman–Crippen LogP) is 3.40. The molecule has 6 nitrogen and oxygen atoms in total. The Kier molecular flexibility index (Phi) is 6.04. The van der Waals surface area contributed by atoms with Crippen LogP contribution in [-0.4, -0.2) is 46.6 Å². The molecule has 0 aliphatic heterocycles. The highest BCUT2D eigenvalue weighted by Crippen LogP contribution is 2.30. The molecule has 24 heavy (non-hydrogen) atoms. The summed E-state index contributed by atoms with van der Waals surface area (Å²) >= 11 is 0. The third-order valence-corrected chi connectivity index (χ3v) is 3.33. The molecule has 1 aliphatic rings. The number of nitrogens with zero attached hydrogens (tertiary/aromatic N) is 2. The molecule has 0 N–H and O–H groups in total. The number of aromatic nitrogens is 2. The van der Waals surface area contributed by atoms with Crippen molar-refractivity contribution in [1.29, 1.82) is 0 Å². The maximum absolute atomic E-state index is 5.90. The van der Waals surface area contributed by atoms with Gasteiger partial charge in [0.25, 0.3) is 0 Å². The summed E-state index contributed by atoms with van der Waals surface area (Å²) in [6.07, 6.45) is 5.55. The van der Waals surface area contributed by atoms with Crippen LogP contribution in [0.5, 0.6) is 11.8 Å². The number of ether oxygens (including phenoxy) is 4. The molecule has 0 amide bonds. The third kappa shape index (κ3) is 7.01. The zero-order chi connectivity index (χ0) is 17.8. The van der Waals surface area contributed by atoms with E-state index in [-0.39, 0.29) is 23.4 Å². The van der Waals surface area contributed by atoms with Crippen molar-refractivity contribution in [1.82, 2.24) is 9.97 Å². The first-order valence-corrected chi connectivity index (χ1v) is 8.54. The molecule has 0 saturated heterocycles. The first kappa shape index (κ1) is 18.9. The second-order valence-corrected chi connectivity index (χ2v) is 8.07. The fourth-order valence-electron chi connectivity index (χ4n) is 2.32. The second-order valence-electron chi connectivity index (χ2n) is 8.07. The van der Waals surface area contributed by atoms with E-state index in [0.717, 1.165) is 12.8 Å². The van der Waals surface area contributed by atoms with Crippen LogP contribution < -0.4 is 9.47 Å². The molecular formula is C18H30N2O4. The van der Waals surface area contributed by atoms with Crippen molar-refractivity contribution in [3.63, 3.8) is 0 Å². The average molecular weight is 338 g/mol. The summed E-state index contributed by atoms with van der Waals surface area (Å²) in [5.41, 5.74) is -0.270. The molecular weight excluding hydrogens is 308 g/mol. The Labute approximate surface area is 144 Å². The van der Waals surface area contributed by atoms with E-state index in [1.807, 2.05) is 20.8 Å². The number of hydrogen-bond donors (Lipinski definition) is 0. The van der Waals surface area contributed by atoms with Crippen LogP contribution in [0.3, 0.4) is 0 Å². The first-order chi connectivity index (χ1) is 11.1. The average Bonchev–Trinajstić information content (AvgIpc) is 2.40. The van der Waals surface area contributed by atoms with E-state index in [9.17, 15) is 0 Å². The monoisotopic (exact) mass is 338 g/mol. The topological polar surface area (TPSA) is 62.7 Å². The summed E-state index contributed by atoms with van der Waals surface area (Å²) in [6, 6.07) is 0.336. The van der Waals surface area contributed by atoms with E-state index in [4.69, 9.17) is 18.9 Å². The van der Waals surface area contributed by atoms with E-state index >= 15 is 0 Å². The van der Waals surface area contributed by atoms with E-state index in [2.05, 4.69) is 30.7 Å². The standard InChI is InChI=1S/C18H30N2O4/c1-17(2,3)22-8-7-21-16-19-11-15(12-20-16)23-13-9-14(10-13)24-18(4,5)6/h11-14H,7-10H2,1-6H3. The van der Waals surface area contributed by atoms with Gasteiger partial charge in [0.1, 0.15) is 12.7 Å². The quantitative estimate of drug-likeness (QED) is 0.710. The van der Waals surface area contributed by atoms with Gasteiger partial charge in [0.05, 0.1) is 36.3 Å². The highest BCUT2D eigenvalue weighted by atomic mass is 16.5. The van der Waals surface area contributed by atoms with Gasteiger partial charge < -0.3 is 18.9 Å². The first-order valence-electron chi connectivity index (χ1n) is 8.54. The van der Waals surface area contributed by atoms with Crippen molar-refractivity contribution >= 4 is 0 Å². The largest absolute Gasteiger partial charge is 0.487 e. The van der Waals surface area contributed by atoms with Crippen molar-refractivity contribution in [2.24, 2.45) is 0 Å². The molecule has 1 fully saturated rings. The molecule has 6 heteroatoms. The Balaban J connectivity index is 1.66. The zero-order valence-electron chi connectivity index (χ0n) is 15.7. The van der Waals surface area contributed by atoms with Crippen LogP contribution in [0, 0.1) is 0 Å². The molecule has 0 bridgehead atoms. The third-order valence-electron chi connectivity index (χ3n) is 3.33. The molecule has 1 aliphatic carbocycles. The summed E-state index contributed by atoms with van der Waals surface area (Å²) in [4.78, 5) is 8.31. The van der Waals surface area contributed by atoms with Crippen LogP contribution in [0.4, 0.5) is 0 Å². The number of hydrogen-bond acceptors (Lipinski definition) is 6. The Morgan fingerprint density at radius 2 is 1.54 bits per heavy atom. The van der Waals surface area contributed by atoms with Crippen LogP contribution in [0.2, 0.25) is 0 Å². The van der Waals surface area contributed by atoms with Gasteiger partial charge in [-0.25, -0.2) is 0 Å². The summed E-state index contributed by atoms with van der Waals surface area (Å²) in [7, 11) is 0. The second kappa shape index (κ2) is 7.66. The van der Waals surface area contributed by atoms with Gasteiger partial charge in [-0.1, -0.05) is 0 Å². The molecule has 0 radical (unpaired) electrons. The molecule has 0 spiro atoms. The van der Waals surface area contributed by atoms with E-state index in [1.54, 1.807) is 12.4 Å². The normalized spacial score (nSPS) is 21.2. The summed E-state index contributed by atoms with van der Waals surface area (Å²) < 4.78 is 22.8. The van der Waals surface area contributed by atoms with Crippen LogP contribution in [0.25, 0.3) is 0 Å². The van der Waals surface area contributed by atoms with Gasteiger partial charge in [0.2, 0.25) is 0 Å². The van der Waals surface area contributed by atoms with Gasteiger partial charge in [0, 0.05) is 12.8 Å². The smallest absolute Gasteiger partial charge is 0.316 e. The molecule has 1 aromatic heterocycles. The molecule has 0 aromatic carbocycles. The van der Waals surface area contributed by atoms with Gasteiger partial charge in [-0.2, -0.15) is 9.97 Å². The van der Waals surface area contributed by atoms with Crippen molar-refractivity contribution in [2.75, 3.05) is 13.2 Å². The SMILES string of the molecule is CC(C)(C)OCCOc1ncc(OC2CC(OC(C)(C)C)C2)cn1. The van der Waals surface area contributed by atoms with Gasteiger partial charge in [-0.15, -0.1) is 0 Å². The molecule has 1 heterocycles. The van der Waals surface area contributed by atoms with E-state index in [1.165, 1.54) is 0 Å². The molecule has 136 valence electrons. The van der Waals surface area contributed by atoms with Crippen LogP contribution in [0.1, 0.15) is 54.4 Å². The summed E-state index contributed by atoms with van der Waals surface area (Å²) in [6.45, 7) is 13.2. The maximum Gasteiger partial charge on any atom is 0.316 e. The van der Waals surface area contributed by atoms with Crippen molar-refractivity contribution in [3.8, 4) is 11.8 Å². The van der Waals surface area contributed by atoms with Crippen molar-refractivity contribution in [3.05, 3.63) is 12.4 Å². The minimum absolute atomic E-state index is 0.103. The molecule has 0 atom stereocenters. The lowest BCUT2D eigenvalue weighted by Crippen LogP contribution is -2.43. The van der Waals surface area contributed by atoms with Gasteiger partial charge >= 0.3 is 6.01 Å². The van der Waals surface area contributed by atoms with Gasteiger partial charge in [0.15, 0.2) is 5.75 Å². The lowest BCUT2D eigenvalue weighted by atomic mass is 9.91. The molecule has 2 rings (SSSR count). The highest BCUT2D eigenvalue weighted by Gasteiger charge is 2.34. The van der Waals surface area contributed by atoms with Gasteiger partial charge in [-0.3, -0.25) is 0 Å². The summed E-state index contributed by atoms with van der Waals surface area (Å²) in [5.74, 6) is 0.660. The predicted molar refractivity (Wildman–Crippen MR) is 91.5 cm³/mol. The van der Waals surface area contributed by atoms with Crippen molar-refractivity contribution in [2.45, 2.75) is 77.8 Å². The highest BCUT2D eigenvalue weighted by molar-refractivity contribution is 5.15. The van der Waals surface area contributed by atoms with E-state index < -0.39 is 0 Å². The minimum Gasteiger partial charge on any atom is -0.487 e. The zero-order valence-corrected chi connectivity index (χ0v) is 15.7. The van der Waals surface area contributed by atoms with Crippen LogP contribution >= 0.6 is 0 Å². The molecule has 1 aromatic rings. The number of rotatable bonds is 7. The lowest BCUT2D eigenvalue weighted by Gasteiger charge is -2.38. The van der Waals surface area contributed by atoms with Crippen molar-refractivity contribution < 1.29 is 18.9 Å². The van der Waals surface area contributed by atoms with Crippen LogP contribution in [-0.2, 0) is 9.47 Å². The lowest BCUT2D eigenvalue weighted by molar-refractivity contribution is -0.126. The molecule has 0 unspecified atom stereocenters. The fraction of sp³-hybridized carbons (Fsp3) is 0.778. The maximum atomic E-state index is 5.90. The van der Waals surface area contributed by atoms with Gasteiger partial charge in [-0.05, 0) is 41.5 Å². The summed E-state index contributed by atoms with van der Waals surface area (Å²) in [5, 5.41) is 0. The fourth-order valence-corrected chi connectivity index (χ4v) is 2.32. The Hall–Kier alpha value is -1.40. The molecule has 1 saturated carbocycles. The minimum atomic E-state index is -0.167. The Morgan fingerprint density at radius 3 is 2.08 bits per heavy atom. The Morgan fingerprint density at radius 1 is 0.917 bits per heavy atom. The van der Waals surface area contributed by atoms with Crippen LogP contribution in [0.15, 0.2) is 12.4 Å². The Bertz CT molecular complexity index is 499.